The van der Waals surface area contributed by atoms with Crippen molar-refractivity contribution in [2.24, 2.45) is 0 Å². The van der Waals surface area contributed by atoms with Gasteiger partial charge in [0.2, 0.25) is 0 Å². The summed E-state index contributed by atoms with van der Waals surface area (Å²) in [7, 11) is 0. The Kier molecular flexibility index (Phi) is 5.24. The number of aliphatic hydroxyl groups excluding tert-OH is 1. The molecule has 0 fully saturated rings. The Labute approximate surface area is 166 Å². The molecule has 4 heterocycles. The molecule has 1 atom stereocenters. The molecule has 0 radical (unpaired) electrons. The van der Waals surface area contributed by atoms with Gasteiger partial charge in [0.25, 0.3) is 0 Å². The SMILES string of the molecule is Cc1cccc2nc(CCc3nc(-c4cccs4)cn3C[C@@H](O)CCl)nn12. The van der Waals surface area contributed by atoms with Gasteiger partial charge in [0, 0.05) is 24.7 Å². The highest BCUT2D eigenvalue weighted by Crippen LogP contribution is 2.24. The van der Waals surface area contributed by atoms with Crippen molar-refractivity contribution in [1.82, 2.24) is 24.1 Å². The van der Waals surface area contributed by atoms with Gasteiger partial charge >= 0.3 is 0 Å². The van der Waals surface area contributed by atoms with Gasteiger partial charge in [-0.05, 0) is 30.5 Å². The molecule has 0 amide bonds. The standard InChI is InChI=1S/C19H20ClN5OS/c1-13-4-2-6-19-22-17(23-25(13)19)7-8-18-21-15(16-5-3-9-27-16)12-24(18)11-14(26)10-20/h2-6,9,12,14,26H,7-8,10-11H2,1H3/t14-/m0/s1. The van der Waals surface area contributed by atoms with Gasteiger partial charge in [-0.15, -0.1) is 22.9 Å². The third-order valence-corrected chi connectivity index (χ3v) is 5.63. The zero-order valence-corrected chi connectivity index (χ0v) is 16.5. The number of aromatic nitrogens is 5. The van der Waals surface area contributed by atoms with Crippen molar-refractivity contribution in [2.45, 2.75) is 32.4 Å². The van der Waals surface area contributed by atoms with Crippen LogP contribution in [0.2, 0.25) is 0 Å². The topological polar surface area (TPSA) is 68.2 Å². The molecule has 0 aromatic carbocycles. The van der Waals surface area contributed by atoms with Crippen LogP contribution < -0.4 is 0 Å². The van der Waals surface area contributed by atoms with Crippen LogP contribution in [-0.2, 0) is 19.4 Å². The summed E-state index contributed by atoms with van der Waals surface area (Å²) in [5.41, 5.74) is 2.82. The van der Waals surface area contributed by atoms with E-state index in [1.54, 1.807) is 11.3 Å². The third-order valence-electron chi connectivity index (χ3n) is 4.38. The van der Waals surface area contributed by atoms with Crippen LogP contribution in [0.1, 0.15) is 17.3 Å². The summed E-state index contributed by atoms with van der Waals surface area (Å²) in [6, 6.07) is 10.0. The maximum Gasteiger partial charge on any atom is 0.155 e. The van der Waals surface area contributed by atoms with Crippen molar-refractivity contribution in [3.05, 3.63) is 59.3 Å². The van der Waals surface area contributed by atoms with E-state index in [2.05, 4.69) is 10.1 Å². The lowest BCUT2D eigenvalue weighted by Crippen LogP contribution is -2.19. The highest BCUT2D eigenvalue weighted by molar-refractivity contribution is 7.13. The lowest BCUT2D eigenvalue weighted by atomic mass is 10.3. The van der Waals surface area contributed by atoms with E-state index in [0.717, 1.165) is 33.6 Å². The number of aliphatic hydroxyl groups is 1. The number of pyridine rings is 1. The first-order valence-electron chi connectivity index (χ1n) is 8.79. The van der Waals surface area contributed by atoms with E-state index in [-0.39, 0.29) is 5.88 Å². The quantitative estimate of drug-likeness (QED) is 0.482. The Balaban J connectivity index is 1.58. The van der Waals surface area contributed by atoms with Crippen LogP contribution in [0.15, 0.2) is 41.9 Å². The minimum absolute atomic E-state index is 0.194. The number of aryl methyl sites for hydroxylation is 3. The number of thiophene rings is 1. The predicted octanol–water partition coefficient (Wildman–Crippen LogP) is 3.35. The minimum atomic E-state index is -0.605. The maximum atomic E-state index is 9.98. The summed E-state index contributed by atoms with van der Waals surface area (Å²) in [5, 5.41) is 16.6. The summed E-state index contributed by atoms with van der Waals surface area (Å²) in [4.78, 5) is 10.5. The van der Waals surface area contributed by atoms with E-state index in [9.17, 15) is 5.11 Å². The summed E-state index contributed by atoms with van der Waals surface area (Å²) in [5.74, 6) is 1.88. The van der Waals surface area contributed by atoms with E-state index in [0.29, 0.717) is 19.4 Å². The Morgan fingerprint density at radius 3 is 2.81 bits per heavy atom. The highest BCUT2D eigenvalue weighted by atomic mass is 35.5. The fourth-order valence-corrected chi connectivity index (χ4v) is 3.82. The number of hydrogen-bond acceptors (Lipinski definition) is 5. The number of alkyl halides is 1. The van der Waals surface area contributed by atoms with Crippen molar-refractivity contribution in [2.75, 3.05) is 5.88 Å². The Morgan fingerprint density at radius 1 is 1.19 bits per heavy atom. The molecule has 0 saturated heterocycles. The summed E-state index contributed by atoms with van der Waals surface area (Å²) in [6.45, 7) is 2.44. The number of nitrogens with zero attached hydrogens (tertiary/aromatic N) is 5. The second-order valence-corrected chi connectivity index (χ2v) is 7.70. The van der Waals surface area contributed by atoms with Crippen LogP contribution in [0.25, 0.3) is 16.2 Å². The molecule has 0 aliphatic carbocycles. The second kappa shape index (κ2) is 7.80. The summed E-state index contributed by atoms with van der Waals surface area (Å²) >= 11 is 7.44. The van der Waals surface area contributed by atoms with Crippen molar-refractivity contribution in [3.63, 3.8) is 0 Å². The smallest absolute Gasteiger partial charge is 0.155 e. The van der Waals surface area contributed by atoms with Crippen LogP contribution in [0.5, 0.6) is 0 Å². The van der Waals surface area contributed by atoms with Gasteiger partial charge in [0.15, 0.2) is 11.5 Å². The molecular weight excluding hydrogens is 382 g/mol. The molecule has 1 N–H and O–H groups in total. The summed E-state index contributed by atoms with van der Waals surface area (Å²) < 4.78 is 3.85. The fourth-order valence-electron chi connectivity index (χ4n) is 3.04. The van der Waals surface area contributed by atoms with Crippen molar-refractivity contribution >= 4 is 28.6 Å². The van der Waals surface area contributed by atoms with E-state index in [4.69, 9.17) is 16.6 Å². The molecule has 0 saturated carbocycles. The van der Waals surface area contributed by atoms with Gasteiger partial charge in [-0.3, -0.25) is 0 Å². The van der Waals surface area contributed by atoms with Gasteiger partial charge in [0.1, 0.15) is 5.82 Å². The lowest BCUT2D eigenvalue weighted by Gasteiger charge is -2.10. The molecule has 140 valence electrons. The number of imidazole rings is 1. The molecule has 0 unspecified atom stereocenters. The van der Waals surface area contributed by atoms with Crippen molar-refractivity contribution < 1.29 is 5.11 Å². The number of hydrogen-bond donors (Lipinski definition) is 1. The molecule has 0 aliphatic rings. The van der Waals surface area contributed by atoms with Crippen LogP contribution in [-0.4, -0.2) is 41.2 Å². The predicted molar refractivity (Wildman–Crippen MR) is 107 cm³/mol. The monoisotopic (exact) mass is 401 g/mol. The Morgan fingerprint density at radius 2 is 2.07 bits per heavy atom. The van der Waals surface area contributed by atoms with Crippen LogP contribution in [0, 0.1) is 6.92 Å². The molecule has 0 bridgehead atoms. The molecule has 27 heavy (non-hydrogen) atoms. The number of halogens is 1. The minimum Gasteiger partial charge on any atom is -0.390 e. The first-order valence-corrected chi connectivity index (χ1v) is 10.2. The van der Waals surface area contributed by atoms with Crippen molar-refractivity contribution in [3.8, 4) is 10.6 Å². The molecule has 0 spiro atoms. The molecule has 4 aromatic heterocycles. The fraction of sp³-hybridized carbons (Fsp3) is 0.316. The normalized spacial score (nSPS) is 12.7. The number of fused-ring (bicyclic) bond motifs is 1. The lowest BCUT2D eigenvalue weighted by molar-refractivity contribution is 0.175. The molecule has 4 rings (SSSR count). The summed E-state index contributed by atoms with van der Waals surface area (Å²) in [6.07, 6.45) is 2.75. The Bertz CT molecular complexity index is 1040. The van der Waals surface area contributed by atoms with Crippen LogP contribution in [0.3, 0.4) is 0 Å². The van der Waals surface area contributed by atoms with E-state index < -0.39 is 6.10 Å². The Hall–Kier alpha value is -2.22. The van der Waals surface area contributed by atoms with Crippen LogP contribution >= 0.6 is 22.9 Å². The van der Waals surface area contributed by atoms with Gasteiger partial charge in [-0.1, -0.05) is 12.1 Å². The first kappa shape index (κ1) is 18.2. The maximum absolute atomic E-state index is 9.98. The zero-order valence-electron chi connectivity index (χ0n) is 14.9. The third kappa shape index (κ3) is 3.90. The molecule has 6 nitrogen and oxygen atoms in total. The van der Waals surface area contributed by atoms with Gasteiger partial charge in [-0.2, -0.15) is 5.10 Å². The average molecular weight is 402 g/mol. The average Bonchev–Trinajstić information content (AvgIpc) is 3.39. The molecule has 0 aliphatic heterocycles. The van der Waals surface area contributed by atoms with Gasteiger partial charge < -0.3 is 9.67 Å². The van der Waals surface area contributed by atoms with E-state index >= 15 is 0 Å². The van der Waals surface area contributed by atoms with Gasteiger partial charge in [0.05, 0.1) is 29.1 Å². The highest BCUT2D eigenvalue weighted by Gasteiger charge is 2.14. The molecular formula is C19H20ClN5OS. The largest absolute Gasteiger partial charge is 0.390 e. The van der Waals surface area contributed by atoms with E-state index in [1.165, 1.54) is 0 Å². The van der Waals surface area contributed by atoms with Crippen molar-refractivity contribution in [1.29, 1.82) is 0 Å². The number of rotatable bonds is 7. The van der Waals surface area contributed by atoms with Gasteiger partial charge in [-0.25, -0.2) is 14.5 Å². The van der Waals surface area contributed by atoms with Crippen LogP contribution in [0.4, 0.5) is 0 Å². The molecule has 8 heteroatoms. The van der Waals surface area contributed by atoms with E-state index in [1.807, 2.05) is 57.9 Å². The first-order chi connectivity index (χ1) is 13.1. The molecule has 4 aromatic rings. The zero-order chi connectivity index (χ0) is 18.8. The second-order valence-electron chi connectivity index (χ2n) is 6.45.